The van der Waals surface area contributed by atoms with Crippen LogP contribution < -0.4 is 0 Å². The van der Waals surface area contributed by atoms with E-state index in [-0.39, 0.29) is 23.7 Å². The van der Waals surface area contributed by atoms with Crippen LogP contribution in [0.15, 0.2) is 59.5 Å². The van der Waals surface area contributed by atoms with Crippen LogP contribution in [0, 0.1) is 5.82 Å². The van der Waals surface area contributed by atoms with Crippen LogP contribution in [0.25, 0.3) is 5.57 Å². The van der Waals surface area contributed by atoms with E-state index in [9.17, 15) is 14.0 Å². The second-order valence-electron chi connectivity index (χ2n) is 7.96. The molecule has 1 fully saturated rings. The van der Waals surface area contributed by atoms with E-state index in [0.717, 1.165) is 44.1 Å². The summed E-state index contributed by atoms with van der Waals surface area (Å²) in [4.78, 5) is 28.9. The quantitative estimate of drug-likeness (QED) is 0.558. The molecule has 1 heterocycles. The number of amides is 2. The van der Waals surface area contributed by atoms with Gasteiger partial charge in [-0.3, -0.25) is 14.5 Å². The predicted octanol–water partition coefficient (Wildman–Crippen LogP) is 5.95. The summed E-state index contributed by atoms with van der Waals surface area (Å²) in [5, 5.41) is 0. The molecule has 4 rings (SSSR count). The van der Waals surface area contributed by atoms with E-state index in [1.165, 1.54) is 35.2 Å². The molecule has 0 spiro atoms. The topological polar surface area (TPSA) is 37.4 Å². The van der Waals surface area contributed by atoms with Crippen LogP contribution in [0.1, 0.15) is 56.1 Å². The van der Waals surface area contributed by atoms with Gasteiger partial charge in [-0.2, -0.15) is 0 Å². The van der Waals surface area contributed by atoms with Crippen LogP contribution in [0.3, 0.4) is 0 Å². The highest BCUT2D eigenvalue weighted by atomic mass is 32.2. The van der Waals surface area contributed by atoms with Gasteiger partial charge < -0.3 is 0 Å². The van der Waals surface area contributed by atoms with E-state index in [2.05, 4.69) is 0 Å². The van der Waals surface area contributed by atoms with E-state index < -0.39 is 0 Å². The Hall–Kier alpha value is -2.40. The molecule has 2 aliphatic rings. The number of benzene rings is 2. The van der Waals surface area contributed by atoms with Crippen molar-refractivity contribution in [1.82, 2.24) is 4.90 Å². The first-order valence-corrected chi connectivity index (χ1v) is 11.7. The molecular weight excluding hydrogens is 397 g/mol. The van der Waals surface area contributed by atoms with Crippen molar-refractivity contribution in [2.24, 2.45) is 0 Å². The summed E-state index contributed by atoms with van der Waals surface area (Å²) < 4.78 is 13.5. The maximum atomic E-state index is 13.5. The van der Waals surface area contributed by atoms with E-state index in [1.54, 1.807) is 12.1 Å². The highest BCUT2D eigenvalue weighted by molar-refractivity contribution is 8.03. The van der Waals surface area contributed by atoms with Crippen LogP contribution in [0.5, 0.6) is 0 Å². The lowest BCUT2D eigenvalue weighted by atomic mass is 9.95. The number of hydrogen-bond acceptors (Lipinski definition) is 3. The first-order chi connectivity index (χ1) is 14.6. The number of thioether (sulfide) groups is 1. The fourth-order valence-corrected chi connectivity index (χ4v) is 5.36. The third-order valence-corrected chi connectivity index (χ3v) is 7.02. The zero-order valence-corrected chi connectivity index (χ0v) is 17.8. The molecule has 30 heavy (non-hydrogen) atoms. The fourth-order valence-electron chi connectivity index (χ4n) is 4.29. The molecule has 0 N–H and O–H groups in total. The molecule has 0 bridgehead atoms. The molecule has 0 unspecified atom stereocenters. The first-order valence-electron chi connectivity index (χ1n) is 10.7. The molecule has 2 amide bonds. The first kappa shape index (κ1) is 20.9. The van der Waals surface area contributed by atoms with Crippen molar-refractivity contribution in [2.75, 3.05) is 0 Å². The van der Waals surface area contributed by atoms with E-state index in [1.807, 2.05) is 30.3 Å². The lowest BCUT2D eigenvalue weighted by Gasteiger charge is -2.28. The van der Waals surface area contributed by atoms with E-state index in [0.29, 0.717) is 21.8 Å². The van der Waals surface area contributed by atoms with Crippen molar-refractivity contribution in [2.45, 2.75) is 56.7 Å². The molecule has 5 heteroatoms. The maximum absolute atomic E-state index is 13.5. The van der Waals surface area contributed by atoms with Crippen molar-refractivity contribution in [3.8, 4) is 0 Å². The molecule has 2 aromatic rings. The fraction of sp³-hybridized carbons (Fsp3) is 0.360. The van der Waals surface area contributed by atoms with Gasteiger partial charge >= 0.3 is 0 Å². The van der Waals surface area contributed by atoms with Gasteiger partial charge in [0.2, 0.25) is 0 Å². The Morgan fingerprint density at radius 3 is 2.13 bits per heavy atom. The van der Waals surface area contributed by atoms with Gasteiger partial charge in [-0.15, -0.1) is 11.8 Å². The molecule has 1 saturated carbocycles. The Kier molecular flexibility index (Phi) is 6.68. The smallest absolute Gasteiger partial charge is 0.268 e. The third-order valence-electron chi connectivity index (χ3n) is 5.87. The number of hydrogen-bond donors (Lipinski definition) is 0. The average molecular weight is 424 g/mol. The number of carbonyl (C=O) groups excluding carboxylic acids is 2. The minimum Gasteiger partial charge on any atom is -0.271 e. The minimum absolute atomic E-state index is 0.0458. The van der Waals surface area contributed by atoms with Gasteiger partial charge in [0.15, 0.2) is 0 Å². The third kappa shape index (κ3) is 4.51. The predicted molar refractivity (Wildman–Crippen MR) is 119 cm³/mol. The zero-order chi connectivity index (χ0) is 20.9. The van der Waals surface area contributed by atoms with Crippen LogP contribution in [-0.2, 0) is 15.3 Å². The zero-order valence-electron chi connectivity index (χ0n) is 17.0. The van der Waals surface area contributed by atoms with Gasteiger partial charge in [-0.25, -0.2) is 4.39 Å². The molecule has 156 valence electrons. The molecule has 0 atom stereocenters. The number of rotatable bonds is 5. The summed E-state index contributed by atoms with van der Waals surface area (Å²) in [5.74, 6) is -0.164. The van der Waals surface area contributed by atoms with Crippen molar-refractivity contribution in [3.05, 3.63) is 76.4 Å². The number of carbonyl (C=O) groups is 2. The SMILES string of the molecule is O=C1C(SCc2ccccc2)=C(c2ccc(F)cc2)C(=O)N1C1CCCCCCC1. The van der Waals surface area contributed by atoms with Crippen LogP contribution >= 0.6 is 11.8 Å². The van der Waals surface area contributed by atoms with Crippen molar-refractivity contribution < 1.29 is 14.0 Å². The Morgan fingerprint density at radius 1 is 0.833 bits per heavy atom. The largest absolute Gasteiger partial charge is 0.271 e. The molecule has 0 saturated heterocycles. The standard InChI is InChI=1S/C25H26FNO2S/c26-20-15-13-19(14-16-20)22-23(30-17-18-9-5-4-6-10-18)25(29)27(24(22)28)21-11-7-2-1-3-8-12-21/h4-6,9-10,13-16,21H,1-3,7-8,11-12,17H2. The van der Waals surface area contributed by atoms with Crippen molar-refractivity contribution in [1.29, 1.82) is 0 Å². The Morgan fingerprint density at radius 2 is 1.47 bits per heavy atom. The molecule has 0 aromatic heterocycles. The highest BCUT2D eigenvalue weighted by Crippen LogP contribution is 2.40. The summed E-state index contributed by atoms with van der Waals surface area (Å²) in [5.41, 5.74) is 2.12. The molecule has 3 nitrogen and oxygen atoms in total. The van der Waals surface area contributed by atoms with Gasteiger partial charge in [0.1, 0.15) is 5.82 Å². The Balaban J connectivity index is 1.65. The monoisotopic (exact) mass is 423 g/mol. The highest BCUT2D eigenvalue weighted by Gasteiger charge is 2.42. The maximum Gasteiger partial charge on any atom is 0.268 e. The average Bonchev–Trinajstić information content (AvgIpc) is 2.98. The Labute approximate surface area is 181 Å². The molecule has 2 aromatic carbocycles. The summed E-state index contributed by atoms with van der Waals surface area (Å²) in [7, 11) is 0. The second-order valence-corrected chi connectivity index (χ2v) is 8.95. The van der Waals surface area contributed by atoms with Gasteiger partial charge in [0.25, 0.3) is 11.8 Å². The van der Waals surface area contributed by atoms with Gasteiger partial charge in [-0.1, -0.05) is 74.6 Å². The van der Waals surface area contributed by atoms with Gasteiger partial charge in [0, 0.05) is 11.8 Å². The van der Waals surface area contributed by atoms with Crippen LogP contribution in [0.2, 0.25) is 0 Å². The normalized spacial score (nSPS) is 18.6. The molecule has 0 radical (unpaired) electrons. The lowest BCUT2D eigenvalue weighted by molar-refractivity contribution is -0.139. The van der Waals surface area contributed by atoms with Crippen LogP contribution in [0.4, 0.5) is 4.39 Å². The summed E-state index contributed by atoms with van der Waals surface area (Å²) in [6, 6.07) is 15.8. The summed E-state index contributed by atoms with van der Waals surface area (Å²) >= 11 is 1.41. The van der Waals surface area contributed by atoms with Crippen molar-refractivity contribution in [3.63, 3.8) is 0 Å². The van der Waals surface area contributed by atoms with E-state index in [4.69, 9.17) is 0 Å². The summed E-state index contributed by atoms with van der Waals surface area (Å²) in [6.45, 7) is 0. The van der Waals surface area contributed by atoms with Gasteiger partial charge in [-0.05, 0) is 36.1 Å². The minimum atomic E-state index is -0.355. The second kappa shape index (κ2) is 9.61. The number of imide groups is 1. The van der Waals surface area contributed by atoms with Gasteiger partial charge in [0.05, 0.1) is 10.5 Å². The number of nitrogens with zero attached hydrogens (tertiary/aromatic N) is 1. The Bertz CT molecular complexity index is 931. The molecule has 1 aliphatic heterocycles. The van der Waals surface area contributed by atoms with Crippen molar-refractivity contribution >= 4 is 29.1 Å². The molecule has 1 aliphatic carbocycles. The lowest BCUT2D eigenvalue weighted by Crippen LogP contribution is -2.41. The van der Waals surface area contributed by atoms with E-state index >= 15 is 0 Å². The molecular formula is C25H26FNO2S. The van der Waals surface area contributed by atoms with Crippen LogP contribution in [-0.4, -0.2) is 22.8 Å². The number of halogens is 1. The summed E-state index contributed by atoms with van der Waals surface area (Å²) in [6.07, 6.45) is 7.35.